The van der Waals surface area contributed by atoms with E-state index in [4.69, 9.17) is 4.74 Å². The van der Waals surface area contributed by atoms with E-state index in [1.165, 1.54) is 0 Å². The quantitative estimate of drug-likeness (QED) is 0.654. The third-order valence-corrected chi connectivity index (χ3v) is 1.21. The van der Waals surface area contributed by atoms with Gasteiger partial charge in [-0.2, -0.15) is 0 Å². The standard InChI is InChI=1S/C7H15NO2/c1-4-5-6(2)10-7(9)8-3/h6H,4-5H2,1-3H3,(H,8,9). The Bertz CT molecular complexity index is 104. The Morgan fingerprint density at radius 3 is 2.70 bits per heavy atom. The minimum absolute atomic E-state index is 0.0324. The Labute approximate surface area is 61.8 Å². The van der Waals surface area contributed by atoms with Crippen molar-refractivity contribution < 1.29 is 9.53 Å². The lowest BCUT2D eigenvalue weighted by Crippen LogP contribution is -2.24. The van der Waals surface area contributed by atoms with E-state index in [9.17, 15) is 4.79 Å². The predicted molar refractivity (Wildman–Crippen MR) is 39.9 cm³/mol. The van der Waals surface area contributed by atoms with Gasteiger partial charge in [0.1, 0.15) is 6.10 Å². The number of nitrogens with one attached hydrogen (secondary N) is 1. The van der Waals surface area contributed by atoms with Crippen molar-refractivity contribution in [1.29, 1.82) is 0 Å². The maximum Gasteiger partial charge on any atom is 0.407 e. The van der Waals surface area contributed by atoms with Gasteiger partial charge in [-0.1, -0.05) is 13.3 Å². The van der Waals surface area contributed by atoms with Gasteiger partial charge in [0.2, 0.25) is 0 Å². The van der Waals surface area contributed by atoms with Gasteiger partial charge >= 0.3 is 6.09 Å². The van der Waals surface area contributed by atoms with Crippen molar-refractivity contribution in [3.05, 3.63) is 0 Å². The highest BCUT2D eigenvalue weighted by atomic mass is 16.6. The van der Waals surface area contributed by atoms with E-state index < -0.39 is 0 Å². The van der Waals surface area contributed by atoms with Crippen molar-refractivity contribution in [2.24, 2.45) is 0 Å². The fourth-order valence-electron chi connectivity index (χ4n) is 0.707. The number of rotatable bonds is 3. The first-order valence-electron chi connectivity index (χ1n) is 3.59. The van der Waals surface area contributed by atoms with Gasteiger partial charge in [0, 0.05) is 7.05 Å². The van der Waals surface area contributed by atoms with Gasteiger partial charge in [0.25, 0.3) is 0 Å². The topological polar surface area (TPSA) is 38.3 Å². The molecule has 0 fully saturated rings. The van der Waals surface area contributed by atoms with Gasteiger partial charge in [-0.05, 0) is 13.3 Å². The summed E-state index contributed by atoms with van der Waals surface area (Å²) in [6.45, 7) is 3.95. The van der Waals surface area contributed by atoms with E-state index in [1.807, 2.05) is 6.92 Å². The van der Waals surface area contributed by atoms with Crippen LogP contribution in [0.2, 0.25) is 0 Å². The third-order valence-electron chi connectivity index (χ3n) is 1.21. The van der Waals surface area contributed by atoms with E-state index in [0.29, 0.717) is 0 Å². The Balaban J connectivity index is 3.37. The smallest absolute Gasteiger partial charge is 0.407 e. The van der Waals surface area contributed by atoms with Gasteiger partial charge in [0.05, 0.1) is 0 Å². The van der Waals surface area contributed by atoms with E-state index in [0.717, 1.165) is 12.8 Å². The summed E-state index contributed by atoms with van der Waals surface area (Å²) >= 11 is 0. The Hall–Kier alpha value is -0.730. The van der Waals surface area contributed by atoms with Crippen LogP contribution < -0.4 is 5.32 Å². The molecule has 1 N–H and O–H groups in total. The number of alkyl carbamates (subject to hydrolysis) is 1. The van der Waals surface area contributed by atoms with Gasteiger partial charge in [-0.3, -0.25) is 0 Å². The number of ether oxygens (including phenoxy) is 1. The summed E-state index contributed by atoms with van der Waals surface area (Å²) in [6, 6.07) is 0. The third kappa shape index (κ3) is 4.18. The van der Waals surface area contributed by atoms with Gasteiger partial charge in [0.15, 0.2) is 0 Å². The highest BCUT2D eigenvalue weighted by Gasteiger charge is 2.04. The molecular formula is C7H15NO2. The van der Waals surface area contributed by atoms with Crippen LogP contribution >= 0.6 is 0 Å². The maximum atomic E-state index is 10.6. The molecule has 3 nitrogen and oxygen atoms in total. The molecular weight excluding hydrogens is 130 g/mol. The molecule has 0 rings (SSSR count). The van der Waals surface area contributed by atoms with E-state index in [2.05, 4.69) is 12.2 Å². The molecule has 10 heavy (non-hydrogen) atoms. The van der Waals surface area contributed by atoms with Crippen LogP contribution in [-0.2, 0) is 4.74 Å². The highest BCUT2D eigenvalue weighted by molar-refractivity contribution is 5.66. The summed E-state index contributed by atoms with van der Waals surface area (Å²) in [5.74, 6) is 0. The lowest BCUT2D eigenvalue weighted by Gasteiger charge is -2.10. The van der Waals surface area contributed by atoms with Crippen molar-refractivity contribution in [3.63, 3.8) is 0 Å². The van der Waals surface area contributed by atoms with E-state index >= 15 is 0 Å². The number of carbonyl (C=O) groups excluding carboxylic acids is 1. The second-order valence-electron chi connectivity index (χ2n) is 2.25. The molecule has 0 aliphatic carbocycles. The monoisotopic (exact) mass is 145 g/mol. The van der Waals surface area contributed by atoms with Crippen molar-refractivity contribution in [2.75, 3.05) is 7.05 Å². The predicted octanol–water partition coefficient (Wildman–Crippen LogP) is 1.53. The normalized spacial score (nSPS) is 12.3. The minimum atomic E-state index is -0.346. The molecule has 60 valence electrons. The van der Waals surface area contributed by atoms with E-state index in [1.54, 1.807) is 7.05 Å². The van der Waals surface area contributed by atoms with Crippen LogP contribution in [0.1, 0.15) is 26.7 Å². The molecule has 3 heteroatoms. The molecule has 0 spiro atoms. The molecule has 0 bridgehead atoms. The fourth-order valence-corrected chi connectivity index (χ4v) is 0.707. The van der Waals surface area contributed by atoms with Crippen molar-refractivity contribution >= 4 is 6.09 Å². The van der Waals surface area contributed by atoms with Crippen LogP contribution in [-0.4, -0.2) is 19.2 Å². The Morgan fingerprint density at radius 1 is 1.70 bits per heavy atom. The first kappa shape index (κ1) is 9.27. The number of hydrogen-bond donors (Lipinski definition) is 1. The van der Waals surface area contributed by atoms with Crippen LogP contribution in [0, 0.1) is 0 Å². The number of amides is 1. The summed E-state index contributed by atoms with van der Waals surface area (Å²) in [6.07, 6.45) is 1.65. The molecule has 0 radical (unpaired) electrons. The van der Waals surface area contributed by atoms with Crippen molar-refractivity contribution in [3.8, 4) is 0 Å². The molecule has 0 heterocycles. The van der Waals surface area contributed by atoms with Crippen LogP contribution in [0.4, 0.5) is 4.79 Å². The highest BCUT2D eigenvalue weighted by Crippen LogP contribution is 1.99. The molecule has 0 saturated heterocycles. The van der Waals surface area contributed by atoms with Gasteiger partial charge < -0.3 is 10.1 Å². The number of carbonyl (C=O) groups is 1. The van der Waals surface area contributed by atoms with Gasteiger partial charge in [-0.25, -0.2) is 4.79 Å². The zero-order valence-electron chi connectivity index (χ0n) is 6.81. The van der Waals surface area contributed by atoms with Crippen LogP contribution in [0.5, 0.6) is 0 Å². The van der Waals surface area contributed by atoms with Crippen LogP contribution in [0.15, 0.2) is 0 Å². The summed E-state index contributed by atoms with van der Waals surface area (Å²) < 4.78 is 4.89. The summed E-state index contributed by atoms with van der Waals surface area (Å²) in [7, 11) is 1.56. The first-order valence-corrected chi connectivity index (χ1v) is 3.59. The molecule has 0 aromatic rings. The van der Waals surface area contributed by atoms with Crippen molar-refractivity contribution in [2.45, 2.75) is 32.8 Å². The molecule has 0 aromatic heterocycles. The average molecular weight is 145 g/mol. The Kier molecular flexibility index (Phi) is 4.72. The zero-order valence-corrected chi connectivity index (χ0v) is 6.81. The lowest BCUT2D eigenvalue weighted by molar-refractivity contribution is 0.104. The Morgan fingerprint density at radius 2 is 2.30 bits per heavy atom. The summed E-state index contributed by atoms with van der Waals surface area (Å²) in [5, 5.41) is 2.39. The maximum absolute atomic E-state index is 10.6. The molecule has 0 aliphatic rings. The molecule has 0 aliphatic heterocycles. The SMILES string of the molecule is CCCC(C)OC(=O)NC. The van der Waals surface area contributed by atoms with E-state index in [-0.39, 0.29) is 12.2 Å². The van der Waals surface area contributed by atoms with Crippen LogP contribution in [0.25, 0.3) is 0 Å². The molecule has 0 saturated carbocycles. The van der Waals surface area contributed by atoms with Gasteiger partial charge in [-0.15, -0.1) is 0 Å². The summed E-state index contributed by atoms with van der Waals surface area (Å²) in [5.41, 5.74) is 0. The second kappa shape index (κ2) is 5.09. The molecule has 1 atom stereocenters. The number of hydrogen-bond acceptors (Lipinski definition) is 2. The molecule has 1 unspecified atom stereocenters. The minimum Gasteiger partial charge on any atom is -0.447 e. The second-order valence-corrected chi connectivity index (χ2v) is 2.25. The molecule has 0 aromatic carbocycles. The average Bonchev–Trinajstić information content (AvgIpc) is 1.88. The zero-order chi connectivity index (χ0) is 7.98. The molecule has 1 amide bonds. The largest absolute Gasteiger partial charge is 0.447 e. The summed E-state index contributed by atoms with van der Waals surface area (Å²) in [4.78, 5) is 10.6. The first-order chi connectivity index (χ1) is 4.70. The fraction of sp³-hybridized carbons (Fsp3) is 0.857. The van der Waals surface area contributed by atoms with Crippen LogP contribution in [0.3, 0.4) is 0 Å². The van der Waals surface area contributed by atoms with Crippen molar-refractivity contribution in [1.82, 2.24) is 5.32 Å². The lowest BCUT2D eigenvalue weighted by atomic mass is 10.2.